The lowest BCUT2D eigenvalue weighted by atomic mass is 9.95. The molecule has 36 heavy (non-hydrogen) atoms. The standard InChI is InChI=1S/C28H34N4O4/c1-35-28(34)25-24(31-27(33)23-13-8-16-36-23)22-17-21(30-20-11-6-3-7-12-20)18-29-26(22)32(25)15-14-19-9-4-2-5-10-19/h2,4-5,9-10,17-18,20,23,30H,3,6-8,11-16H2,1H3,(H,31,33). The number of carbonyl (C=O) groups excluding carboxylic acids is 2. The molecule has 8 heteroatoms. The number of esters is 1. The third kappa shape index (κ3) is 5.23. The summed E-state index contributed by atoms with van der Waals surface area (Å²) in [5, 5.41) is 7.34. The molecule has 0 radical (unpaired) electrons. The average molecular weight is 491 g/mol. The van der Waals surface area contributed by atoms with Crippen molar-refractivity contribution in [2.75, 3.05) is 24.4 Å². The van der Waals surface area contributed by atoms with Crippen LogP contribution in [0.1, 0.15) is 61.0 Å². The number of nitrogens with zero attached hydrogens (tertiary/aromatic N) is 2. The first kappa shape index (κ1) is 24.3. The van der Waals surface area contributed by atoms with Gasteiger partial charge in [0.05, 0.1) is 24.7 Å². The molecule has 1 amide bonds. The Bertz CT molecular complexity index is 1210. The van der Waals surface area contributed by atoms with Crippen LogP contribution in [0.4, 0.5) is 11.4 Å². The number of aryl methyl sites for hydroxylation is 2. The molecule has 1 saturated heterocycles. The summed E-state index contributed by atoms with van der Waals surface area (Å²) in [6.07, 6.45) is 9.50. The zero-order valence-electron chi connectivity index (χ0n) is 20.8. The van der Waals surface area contributed by atoms with E-state index in [2.05, 4.69) is 22.8 Å². The lowest BCUT2D eigenvalue weighted by molar-refractivity contribution is -0.124. The number of anilines is 2. The van der Waals surface area contributed by atoms with Crippen LogP contribution in [0.25, 0.3) is 11.0 Å². The highest BCUT2D eigenvalue weighted by Gasteiger charge is 2.30. The summed E-state index contributed by atoms with van der Waals surface area (Å²) in [5.41, 5.74) is 3.42. The second-order valence-electron chi connectivity index (χ2n) is 9.67. The summed E-state index contributed by atoms with van der Waals surface area (Å²) >= 11 is 0. The van der Waals surface area contributed by atoms with Crippen molar-refractivity contribution in [1.82, 2.24) is 9.55 Å². The van der Waals surface area contributed by atoms with E-state index >= 15 is 0 Å². The van der Waals surface area contributed by atoms with E-state index in [1.165, 1.54) is 26.4 Å². The Balaban J connectivity index is 1.55. The zero-order chi connectivity index (χ0) is 24.9. The van der Waals surface area contributed by atoms with Gasteiger partial charge < -0.3 is 24.7 Å². The van der Waals surface area contributed by atoms with E-state index in [4.69, 9.17) is 14.5 Å². The van der Waals surface area contributed by atoms with Gasteiger partial charge in [-0.15, -0.1) is 0 Å². The highest BCUT2D eigenvalue weighted by molar-refractivity contribution is 6.12. The van der Waals surface area contributed by atoms with Crippen molar-refractivity contribution in [2.24, 2.45) is 0 Å². The number of pyridine rings is 1. The summed E-state index contributed by atoms with van der Waals surface area (Å²) in [6, 6.07) is 12.5. The number of benzene rings is 1. The summed E-state index contributed by atoms with van der Waals surface area (Å²) in [4.78, 5) is 30.9. The summed E-state index contributed by atoms with van der Waals surface area (Å²) < 4.78 is 12.6. The van der Waals surface area contributed by atoms with Crippen LogP contribution in [0.15, 0.2) is 42.6 Å². The lowest BCUT2D eigenvalue weighted by Gasteiger charge is -2.23. The van der Waals surface area contributed by atoms with Crippen LogP contribution >= 0.6 is 0 Å². The third-order valence-electron chi connectivity index (χ3n) is 7.19. The first-order valence-corrected chi connectivity index (χ1v) is 13.0. The van der Waals surface area contributed by atoms with Crippen molar-refractivity contribution < 1.29 is 19.1 Å². The minimum absolute atomic E-state index is 0.245. The third-order valence-corrected chi connectivity index (χ3v) is 7.19. The van der Waals surface area contributed by atoms with Crippen LogP contribution < -0.4 is 10.6 Å². The number of rotatable bonds is 8. The van der Waals surface area contributed by atoms with Crippen LogP contribution in [0.2, 0.25) is 0 Å². The maximum Gasteiger partial charge on any atom is 0.356 e. The molecule has 8 nitrogen and oxygen atoms in total. The van der Waals surface area contributed by atoms with Crippen molar-refractivity contribution >= 4 is 34.3 Å². The normalized spacial score (nSPS) is 18.3. The summed E-state index contributed by atoms with van der Waals surface area (Å²) in [6.45, 7) is 1.08. The molecule has 1 atom stereocenters. The fourth-order valence-electron chi connectivity index (χ4n) is 5.31. The lowest BCUT2D eigenvalue weighted by Crippen LogP contribution is -2.28. The Hall–Kier alpha value is -3.39. The summed E-state index contributed by atoms with van der Waals surface area (Å²) in [7, 11) is 1.36. The molecule has 190 valence electrons. The van der Waals surface area contributed by atoms with E-state index in [1.807, 2.05) is 35.0 Å². The molecule has 0 bridgehead atoms. The minimum atomic E-state index is -0.519. The van der Waals surface area contributed by atoms with Gasteiger partial charge in [0.1, 0.15) is 11.8 Å². The van der Waals surface area contributed by atoms with Crippen LogP contribution in [0.3, 0.4) is 0 Å². The first-order valence-electron chi connectivity index (χ1n) is 13.0. The van der Waals surface area contributed by atoms with Gasteiger partial charge in [0.25, 0.3) is 5.91 Å². The molecule has 2 N–H and O–H groups in total. The molecule has 1 aliphatic carbocycles. The first-order chi connectivity index (χ1) is 17.6. The van der Waals surface area contributed by atoms with E-state index in [0.29, 0.717) is 49.1 Å². The largest absolute Gasteiger partial charge is 0.464 e. The highest BCUT2D eigenvalue weighted by Crippen LogP contribution is 2.34. The molecule has 2 fully saturated rings. The van der Waals surface area contributed by atoms with Gasteiger partial charge in [-0.1, -0.05) is 49.6 Å². The number of methoxy groups -OCH3 is 1. The van der Waals surface area contributed by atoms with Crippen LogP contribution in [0, 0.1) is 0 Å². The van der Waals surface area contributed by atoms with Crippen LogP contribution in [0.5, 0.6) is 0 Å². The number of hydrogen-bond acceptors (Lipinski definition) is 6. The van der Waals surface area contributed by atoms with E-state index in [0.717, 1.165) is 35.9 Å². The Morgan fingerprint density at radius 1 is 1.11 bits per heavy atom. The molecule has 1 unspecified atom stereocenters. The maximum atomic E-state index is 13.1. The molecule has 1 aliphatic heterocycles. The van der Waals surface area contributed by atoms with Crippen molar-refractivity contribution in [3.63, 3.8) is 0 Å². The molecular formula is C28H34N4O4. The Kier molecular flexibility index (Phi) is 7.51. The number of hydrogen-bond donors (Lipinski definition) is 2. The Morgan fingerprint density at radius 2 is 1.92 bits per heavy atom. The highest BCUT2D eigenvalue weighted by atomic mass is 16.5. The van der Waals surface area contributed by atoms with Gasteiger partial charge in [0, 0.05) is 24.6 Å². The summed E-state index contributed by atoms with van der Waals surface area (Å²) in [5.74, 6) is -0.754. The second kappa shape index (κ2) is 11.1. The van der Waals surface area contributed by atoms with E-state index < -0.39 is 12.1 Å². The van der Waals surface area contributed by atoms with Gasteiger partial charge in [0.15, 0.2) is 5.69 Å². The van der Waals surface area contributed by atoms with Crippen LogP contribution in [-0.2, 0) is 27.2 Å². The predicted molar refractivity (Wildman–Crippen MR) is 139 cm³/mol. The van der Waals surface area contributed by atoms with Gasteiger partial charge in [0.2, 0.25) is 0 Å². The SMILES string of the molecule is COC(=O)c1c(NC(=O)C2CCCO2)c2cc(NC3CCCCC3)cnc2n1CCc1ccccc1. The van der Waals surface area contributed by atoms with Gasteiger partial charge in [-0.05, 0) is 43.7 Å². The fourth-order valence-corrected chi connectivity index (χ4v) is 5.31. The molecule has 1 aromatic carbocycles. The molecule has 2 aliphatic rings. The number of carbonyl (C=O) groups is 2. The minimum Gasteiger partial charge on any atom is -0.464 e. The predicted octanol–water partition coefficient (Wildman–Crippen LogP) is 4.93. The molecule has 3 aromatic rings. The Labute approximate surface area is 211 Å². The van der Waals surface area contributed by atoms with Crippen molar-refractivity contribution in [3.8, 4) is 0 Å². The fraction of sp³-hybridized carbons (Fsp3) is 0.464. The van der Waals surface area contributed by atoms with Gasteiger partial charge in [-0.2, -0.15) is 0 Å². The number of nitrogens with one attached hydrogen (secondary N) is 2. The smallest absolute Gasteiger partial charge is 0.356 e. The number of fused-ring (bicyclic) bond motifs is 1. The van der Waals surface area contributed by atoms with Crippen molar-refractivity contribution in [1.29, 1.82) is 0 Å². The number of ether oxygens (including phenoxy) is 2. The van der Waals surface area contributed by atoms with Crippen molar-refractivity contribution in [2.45, 2.75) is 70.1 Å². The van der Waals surface area contributed by atoms with E-state index in [1.54, 1.807) is 0 Å². The number of aromatic nitrogens is 2. The van der Waals surface area contributed by atoms with Gasteiger partial charge in [-0.3, -0.25) is 4.79 Å². The van der Waals surface area contributed by atoms with E-state index in [9.17, 15) is 9.59 Å². The van der Waals surface area contributed by atoms with Gasteiger partial charge in [-0.25, -0.2) is 9.78 Å². The maximum absolute atomic E-state index is 13.1. The molecule has 3 heterocycles. The quantitative estimate of drug-likeness (QED) is 0.435. The molecule has 0 spiro atoms. The van der Waals surface area contributed by atoms with Crippen LogP contribution in [-0.4, -0.2) is 47.3 Å². The molecular weight excluding hydrogens is 456 g/mol. The molecule has 1 saturated carbocycles. The Morgan fingerprint density at radius 3 is 2.64 bits per heavy atom. The number of amides is 1. The topological polar surface area (TPSA) is 94.5 Å². The van der Waals surface area contributed by atoms with Gasteiger partial charge >= 0.3 is 5.97 Å². The monoisotopic (exact) mass is 490 g/mol. The average Bonchev–Trinajstić information content (AvgIpc) is 3.55. The molecule has 2 aromatic heterocycles. The zero-order valence-corrected chi connectivity index (χ0v) is 20.8. The second-order valence-corrected chi connectivity index (χ2v) is 9.67. The molecule has 5 rings (SSSR count). The van der Waals surface area contributed by atoms with E-state index in [-0.39, 0.29) is 5.91 Å². The van der Waals surface area contributed by atoms with Crippen molar-refractivity contribution in [3.05, 3.63) is 53.9 Å².